The zero-order valence-electron chi connectivity index (χ0n) is 11.4. The maximum atomic E-state index is 12.0. The van der Waals surface area contributed by atoms with Crippen LogP contribution in [-0.2, 0) is 16.0 Å². The summed E-state index contributed by atoms with van der Waals surface area (Å²) in [5.74, 6) is -0.710. The van der Waals surface area contributed by atoms with Gasteiger partial charge in [0.05, 0.1) is 5.92 Å². The van der Waals surface area contributed by atoms with Crippen LogP contribution in [0.2, 0.25) is 0 Å². The number of nitrogens with one attached hydrogen (secondary N) is 2. The van der Waals surface area contributed by atoms with Gasteiger partial charge >= 0.3 is 5.97 Å². The minimum absolute atomic E-state index is 0.0374. The molecule has 108 valence electrons. The molecule has 1 aromatic rings. The summed E-state index contributed by atoms with van der Waals surface area (Å²) in [6, 6.07) is 7.37. The minimum atomic E-state index is -0.799. The summed E-state index contributed by atoms with van der Waals surface area (Å²) in [4.78, 5) is 22.5. The van der Waals surface area contributed by atoms with Crippen LogP contribution in [0.25, 0.3) is 0 Å². The summed E-state index contributed by atoms with van der Waals surface area (Å²) in [5.41, 5.74) is 1.73. The number of carboxylic acid groups (broad SMARTS) is 1. The average Bonchev–Trinajstić information content (AvgIpc) is 2.47. The Morgan fingerprint density at radius 1 is 1.30 bits per heavy atom. The fraction of sp³-hybridized carbons (Fsp3) is 0.467. The fourth-order valence-electron chi connectivity index (χ4n) is 2.33. The monoisotopic (exact) mass is 276 g/mol. The molecule has 0 aromatic heterocycles. The molecule has 20 heavy (non-hydrogen) atoms. The Balaban J connectivity index is 1.86. The van der Waals surface area contributed by atoms with E-state index < -0.39 is 5.97 Å². The van der Waals surface area contributed by atoms with Crippen molar-refractivity contribution in [2.24, 2.45) is 5.92 Å². The van der Waals surface area contributed by atoms with Gasteiger partial charge in [-0.1, -0.05) is 12.1 Å². The number of benzene rings is 1. The molecule has 1 amide bonds. The van der Waals surface area contributed by atoms with E-state index in [9.17, 15) is 9.59 Å². The van der Waals surface area contributed by atoms with E-state index in [-0.39, 0.29) is 18.2 Å². The largest absolute Gasteiger partial charge is 0.481 e. The van der Waals surface area contributed by atoms with Crippen molar-refractivity contribution in [2.75, 3.05) is 18.4 Å². The number of piperidine rings is 1. The first-order chi connectivity index (χ1) is 9.65. The summed E-state index contributed by atoms with van der Waals surface area (Å²) in [6.45, 7) is 1.73. The highest BCUT2D eigenvalue weighted by Crippen LogP contribution is 2.15. The molecular formula is C15H20N2O3. The van der Waals surface area contributed by atoms with Gasteiger partial charge in [-0.3, -0.25) is 9.59 Å². The molecule has 1 aliphatic rings. The van der Waals surface area contributed by atoms with E-state index in [2.05, 4.69) is 10.6 Å². The SMILES string of the molecule is O=C(O)CCc1ccc(NC(=O)[C@H]2CCCNC2)cc1. The number of carbonyl (C=O) groups is 2. The van der Waals surface area contributed by atoms with Crippen LogP contribution >= 0.6 is 0 Å². The van der Waals surface area contributed by atoms with Crippen molar-refractivity contribution < 1.29 is 14.7 Å². The summed E-state index contributed by atoms with van der Waals surface area (Å²) in [6.07, 6.45) is 2.59. The van der Waals surface area contributed by atoms with Gasteiger partial charge in [0.15, 0.2) is 0 Å². The first-order valence-electron chi connectivity index (χ1n) is 6.97. The molecule has 0 aliphatic carbocycles. The van der Waals surface area contributed by atoms with Crippen molar-refractivity contribution in [1.82, 2.24) is 5.32 Å². The Hall–Kier alpha value is -1.88. The molecule has 5 heteroatoms. The Morgan fingerprint density at radius 2 is 2.05 bits per heavy atom. The molecule has 1 saturated heterocycles. The Kier molecular flexibility index (Phi) is 5.12. The van der Waals surface area contributed by atoms with Gasteiger partial charge in [-0.25, -0.2) is 0 Å². The Labute approximate surface area is 118 Å². The number of hydrogen-bond acceptors (Lipinski definition) is 3. The van der Waals surface area contributed by atoms with Crippen molar-refractivity contribution in [3.05, 3.63) is 29.8 Å². The van der Waals surface area contributed by atoms with Gasteiger partial charge in [-0.05, 0) is 43.5 Å². The molecule has 2 rings (SSSR count). The molecule has 1 heterocycles. The zero-order valence-corrected chi connectivity index (χ0v) is 11.4. The number of rotatable bonds is 5. The summed E-state index contributed by atoms with van der Waals surface area (Å²) < 4.78 is 0. The van der Waals surface area contributed by atoms with Gasteiger partial charge in [-0.15, -0.1) is 0 Å². The van der Waals surface area contributed by atoms with Crippen LogP contribution in [0.5, 0.6) is 0 Å². The summed E-state index contributed by atoms with van der Waals surface area (Å²) in [7, 11) is 0. The molecule has 5 nitrogen and oxygen atoms in total. The third-order valence-electron chi connectivity index (χ3n) is 3.52. The molecule has 0 saturated carbocycles. The number of aliphatic carboxylic acids is 1. The first-order valence-corrected chi connectivity index (χ1v) is 6.97. The van der Waals surface area contributed by atoms with Crippen LogP contribution in [0.4, 0.5) is 5.69 Å². The van der Waals surface area contributed by atoms with Crippen LogP contribution in [0.15, 0.2) is 24.3 Å². The number of carbonyl (C=O) groups excluding carboxylic acids is 1. The second-order valence-corrected chi connectivity index (χ2v) is 5.12. The minimum Gasteiger partial charge on any atom is -0.481 e. The zero-order chi connectivity index (χ0) is 14.4. The number of anilines is 1. The van der Waals surface area contributed by atoms with Gasteiger partial charge in [-0.2, -0.15) is 0 Å². The quantitative estimate of drug-likeness (QED) is 0.764. The standard InChI is InChI=1S/C15H20N2O3/c18-14(19)8-5-11-3-6-13(7-4-11)17-15(20)12-2-1-9-16-10-12/h3-4,6-7,12,16H,1-2,5,8-10H2,(H,17,20)(H,18,19)/t12-/m0/s1. The molecule has 0 bridgehead atoms. The van der Waals surface area contributed by atoms with Gasteiger partial charge in [0.2, 0.25) is 5.91 Å². The average molecular weight is 276 g/mol. The highest BCUT2D eigenvalue weighted by molar-refractivity contribution is 5.92. The predicted octanol–water partition coefficient (Wildman–Crippen LogP) is 1.64. The molecule has 1 aliphatic heterocycles. The number of hydrogen-bond donors (Lipinski definition) is 3. The van der Waals surface area contributed by atoms with E-state index in [0.29, 0.717) is 6.42 Å². The molecule has 0 radical (unpaired) electrons. The maximum Gasteiger partial charge on any atom is 0.303 e. The van der Waals surface area contributed by atoms with Gasteiger partial charge in [0.25, 0.3) is 0 Å². The van der Waals surface area contributed by atoms with Gasteiger partial charge in [0.1, 0.15) is 0 Å². The number of amides is 1. The molecule has 1 fully saturated rings. The van der Waals surface area contributed by atoms with Gasteiger partial charge < -0.3 is 15.7 Å². The topological polar surface area (TPSA) is 78.4 Å². The second-order valence-electron chi connectivity index (χ2n) is 5.12. The van der Waals surface area contributed by atoms with Crippen LogP contribution in [0.3, 0.4) is 0 Å². The van der Waals surface area contributed by atoms with E-state index in [1.54, 1.807) is 0 Å². The highest BCUT2D eigenvalue weighted by Gasteiger charge is 2.20. The molecule has 1 aromatic carbocycles. The summed E-state index contributed by atoms with van der Waals surface area (Å²) >= 11 is 0. The third kappa shape index (κ3) is 4.35. The van der Waals surface area contributed by atoms with Crippen molar-refractivity contribution in [3.8, 4) is 0 Å². The van der Waals surface area contributed by atoms with Crippen LogP contribution in [0.1, 0.15) is 24.8 Å². The fourth-order valence-corrected chi connectivity index (χ4v) is 2.33. The molecule has 3 N–H and O–H groups in total. The van der Waals surface area contributed by atoms with Crippen molar-refractivity contribution >= 4 is 17.6 Å². The van der Waals surface area contributed by atoms with Crippen molar-refractivity contribution in [2.45, 2.75) is 25.7 Å². The highest BCUT2D eigenvalue weighted by atomic mass is 16.4. The first kappa shape index (κ1) is 14.5. The van der Waals surface area contributed by atoms with E-state index in [1.807, 2.05) is 24.3 Å². The van der Waals surface area contributed by atoms with E-state index in [1.165, 1.54) is 0 Å². The van der Waals surface area contributed by atoms with Crippen molar-refractivity contribution in [1.29, 1.82) is 0 Å². The van der Waals surface area contributed by atoms with Crippen LogP contribution in [-0.4, -0.2) is 30.1 Å². The van der Waals surface area contributed by atoms with Crippen molar-refractivity contribution in [3.63, 3.8) is 0 Å². The predicted molar refractivity (Wildman–Crippen MR) is 76.6 cm³/mol. The smallest absolute Gasteiger partial charge is 0.303 e. The number of aryl methyl sites for hydroxylation is 1. The lowest BCUT2D eigenvalue weighted by Gasteiger charge is -2.21. The molecule has 0 spiro atoms. The molecule has 1 atom stereocenters. The van der Waals surface area contributed by atoms with E-state index >= 15 is 0 Å². The summed E-state index contributed by atoms with van der Waals surface area (Å²) in [5, 5.41) is 14.8. The van der Waals surface area contributed by atoms with Crippen LogP contribution in [0, 0.1) is 5.92 Å². The molecule has 0 unspecified atom stereocenters. The third-order valence-corrected chi connectivity index (χ3v) is 3.52. The maximum absolute atomic E-state index is 12.0. The van der Waals surface area contributed by atoms with E-state index in [0.717, 1.165) is 37.2 Å². The Morgan fingerprint density at radius 3 is 2.65 bits per heavy atom. The second kappa shape index (κ2) is 7.05. The molecular weight excluding hydrogens is 256 g/mol. The number of carboxylic acids is 1. The lowest BCUT2D eigenvalue weighted by molar-refractivity contribution is -0.137. The Bertz CT molecular complexity index is 465. The van der Waals surface area contributed by atoms with Crippen LogP contribution < -0.4 is 10.6 Å². The van der Waals surface area contributed by atoms with Gasteiger partial charge in [0, 0.05) is 18.7 Å². The lowest BCUT2D eigenvalue weighted by Crippen LogP contribution is -2.37. The normalized spacial score (nSPS) is 18.5. The van der Waals surface area contributed by atoms with E-state index in [4.69, 9.17) is 5.11 Å². The lowest BCUT2D eigenvalue weighted by atomic mass is 9.98.